The molecule has 142 valence electrons. The predicted octanol–water partition coefficient (Wildman–Crippen LogP) is 5.48. The highest BCUT2D eigenvalue weighted by molar-refractivity contribution is 7.99. The summed E-state index contributed by atoms with van der Waals surface area (Å²) in [6.45, 7) is 8.06. The van der Waals surface area contributed by atoms with Crippen molar-refractivity contribution in [2.45, 2.75) is 94.7 Å². The van der Waals surface area contributed by atoms with E-state index in [-0.39, 0.29) is 17.2 Å². The van der Waals surface area contributed by atoms with E-state index in [1.54, 1.807) is 0 Å². The Hall–Kier alpha value is -0.480. The molecule has 0 aliphatic heterocycles. The van der Waals surface area contributed by atoms with E-state index in [9.17, 15) is 4.79 Å². The monoisotopic (exact) mass is 366 g/mol. The van der Waals surface area contributed by atoms with E-state index in [0.29, 0.717) is 17.3 Å². The Morgan fingerprint density at radius 3 is 2.48 bits per heavy atom. The summed E-state index contributed by atoms with van der Waals surface area (Å²) in [4.78, 5) is 11.9. The number of ether oxygens (including phenoxy) is 2. The molecule has 4 saturated carbocycles. The Balaban J connectivity index is 1.71. The lowest BCUT2D eigenvalue weighted by atomic mass is 9.52. The summed E-state index contributed by atoms with van der Waals surface area (Å²) in [5, 5.41) is 0. The molecule has 0 spiro atoms. The number of hydrogen-bond donors (Lipinski definition) is 0. The molecule has 4 rings (SSSR count). The number of esters is 1. The molecule has 0 saturated heterocycles. The van der Waals surface area contributed by atoms with Gasteiger partial charge < -0.3 is 9.47 Å². The van der Waals surface area contributed by atoms with Crippen molar-refractivity contribution in [3.63, 3.8) is 0 Å². The van der Waals surface area contributed by atoms with E-state index in [1.807, 2.05) is 11.8 Å². The first-order chi connectivity index (χ1) is 12.0. The molecule has 3 nitrogen and oxygen atoms in total. The summed E-state index contributed by atoms with van der Waals surface area (Å²) in [6.07, 6.45) is 12.6. The molecule has 4 aliphatic carbocycles. The van der Waals surface area contributed by atoms with Gasteiger partial charge in [-0.05, 0) is 62.5 Å². The van der Waals surface area contributed by atoms with E-state index in [1.165, 1.54) is 31.1 Å². The van der Waals surface area contributed by atoms with E-state index in [2.05, 4.69) is 20.4 Å². The molecule has 0 heterocycles. The molecule has 4 aliphatic rings. The van der Waals surface area contributed by atoms with E-state index in [4.69, 9.17) is 9.47 Å². The van der Waals surface area contributed by atoms with Crippen LogP contribution in [0, 0.1) is 11.8 Å². The molecule has 0 amide bonds. The van der Waals surface area contributed by atoms with E-state index >= 15 is 0 Å². The SMILES string of the molecule is C=CC(=O)OC12CC3CC(C1)CC(OC(CCC)SCCCC)(C3)C2. The lowest BCUT2D eigenvalue weighted by Gasteiger charge is -2.61. The summed E-state index contributed by atoms with van der Waals surface area (Å²) < 4.78 is 12.7. The average molecular weight is 367 g/mol. The normalized spacial score (nSPS) is 37.0. The van der Waals surface area contributed by atoms with Gasteiger partial charge in [0.25, 0.3) is 0 Å². The zero-order valence-corrected chi connectivity index (χ0v) is 16.7. The van der Waals surface area contributed by atoms with E-state index in [0.717, 1.165) is 44.9 Å². The number of hydrogen-bond acceptors (Lipinski definition) is 4. The summed E-state index contributed by atoms with van der Waals surface area (Å²) >= 11 is 1.99. The maximum absolute atomic E-state index is 11.9. The van der Waals surface area contributed by atoms with Crippen LogP contribution in [0.15, 0.2) is 12.7 Å². The lowest BCUT2D eigenvalue weighted by Crippen LogP contribution is -2.61. The fourth-order valence-electron chi connectivity index (χ4n) is 5.66. The van der Waals surface area contributed by atoms with Crippen LogP contribution in [0.25, 0.3) is 0 Å². The molecule has 25 heavy (non-hydrogen) atoms. The molecule has 0 N–H and O–H groups in total. The number of thioether (sulfide) groups is 1. The van der Waals surface area contributed by atoms with Crippen molar-refractivity contribution in [3.8, 4) is 0 Å². The number of unbranched alkanes of at least 4 members (excludes halogenated alkanes) is 1. The smallest absolute Gasteiger partial charge is 0.330 e. The maximum atomic E-state index is 11.9. The van der Waals surface area contributed by atoms with Crippen molar-refractivity contribution in [1.82, 2.24) is 0 Å². The first-order valence-corrected chi connectivity index (χ1v) is 11.2. The molecular weight excluding hydrogens is 332 g/mol. The fraction of sp³-hybridized carbons (Fsp3) is 0.857. The van der Waals surface area contributed by atoms with Crippen LogP contribution < -0.4 is 0 Å². The van der Waals surface area contributed by atoms with Gasteiger partial charge in [0.1, 0.15) is 11.0 Å². The molecule has 0 aromatic carbocycles. The Morgan fingerprint density at radius 1 is 1.20 bits per heavy atom. The van der Waals surface area contributed by atoms with Gasteiger partial charge in [0.15, 0.2) is 0 Å². The van der Waals surface area contributed by atoms with Crippen molar-refractivity contribution < 1.29 is 14.3 Å². The number of rotatable bonds is 10. The quantitative estimate of drug-likeness (QED) is 0.222. The van der Waals surface area contributed by atoms with Crippen molar-refractivity contribution in [2.75, 3.05) is 5.75 Å². The Morgan fingerprint density at radius 2 is 1.88 bits per heavy atom. The van der Waals surface area contributed by atoms with Gasteiger partial charge in [0, 0.05) is 12.5 Å². The number of carbonyl (C=O) groups excluding carboxylic acids is 1. The average Bonchev–Trinajstić information content (AvgIpc) is 2.53. The molecule has 4 fully saturated rings. The van der Waals surface area contributed by atoms with Crippen molar-refractivity contribution in [1.29, 1.82) is 0 Å². The highest BCUT2D eigenvalue weighted by Gasteiger charge is 2.60. The Labute approximate surface area is 157 Å². The van der Waals surface area contributed by atoms with E-state index < -0.39 is 0 Å². The van der Waals surface area contributed by atoms with Crippen LogP contribution in [0.3, 0.4) is 0 Å². The minimum absolute atomic E-state index is 0.0649. The summed E-state index contributed by atoms with van der Waals surface area (Å²) in [7, 11) is 0. The van der Waals surface area contributed by atoms with Gasteiger partial charge in [-0.1, -0.05) is 33.3 Å². The first-order valence-electron chi connectivity index (χ1n) is 10.2. The molecule has 4 bridgehead atoms. The van der Waals surface area contributed by atoms with Crippen LogP contribution in [-0.4, -0.2) is 28.4 Å². The van der Waals surface area contributed by atoms with Gasteiger partial charge in [-0.3, -0.25) is 0 Å². The molecular formula is C21H34O3S. The molecule has 3 atom stereocenters. The fourth-order valence-corrected chi connectivity index (χ4v) is 7.05. The van der Waals surface area contributed by atoms with Crippen LogP contribution in [0.4, 0.5) is 0 Å². The Kier molecular flexibility index (Phi) is 6.20. The van der Waals surface area contributed by atoms with Gasteiger partial charge in [0.05, 0.1) is 5.60 Å². The zero-order chi connectivity index (χ0) is 17.9. The molecule has 0 aromatic heterocycles. The summed E-state index contributed by atoms with van der Waals surface area (Å²) in [5.74, 6) is 2.23. The van der Waals surface area contributed by atoms with Gasteiger partial charge in [-0.25, -0.2) is 4.79 Å². The minimum Gasteiger partial charge on any atom is -0.456 e. The van der Waals surface area contributed by atoms with Crippen molar-refractivity contribution in [3.05, 3.63) is 12.7 Å². The molecule has 3 unspecified atom stereocenters. The third-order valence-electron chi connectivity index (χ3n) is 6.14. The minimum atomic E-state index is -0.291. The summed E-state index contributed by atoms with van der Waals surface area (Å²) in [5.41, 5.74) is -0.0647. The second-order valence-corrected chi connectivity index (χ2v) is 9.78. The first kappa shape index (κ1) is 19.3. The van der Waals surface area contributed by atoms with Crippen LogP contribution in [0.5, 0.6) is 0 Å². The number of carbonyl (C=O) groups is 1. The second-order valence-electron chi connectivity index (χ2n) is 8.51. The van der Waals surface area contributed by atoms with Gasteiger partial charge >= 0.3 is 5.97 Å². The van der Waals surface area contributed by atoms with Gasteiger partial charge in [-0.15, -0.1) is 11.8 Å². The third-order valence-corrected chi connectivity index (χ3v) is 7.37. The zero-order valence-electron chi connectivity index (χ0n) is 15.9. The molecule has 0 aromatic rings. The second kappa shape index (κ2) is 8.04. The topological polar surface area (TPSA) is 35.5 Å². The van der Waals surface area contributed by atoms with Crippen LogP contribution in [-0.2, 0) is 14.3 Å². The van der Waals surface area contributed by atoms with Crippen LogP contribution in [0.2, 0.25) is 0 Å². The van der Waals surface area contributed by atoms with Crippen LogP contribution >= 0.6 is 11.8 Å². The molecule has 4 heteroatoms. The third kappa shape index (κ3) is 4.44. The largest absolute Gasteiger partial charge is 0.456 e. The molecule has 0 radical (unpaired) electrons. The van der Waals surface area contributed by atoms with Gasteiger partial charge in [0.2, 0.25) is 0 Å². The van der Waals surface area contributed by atoms with Crippen molar-refractivity contribution in [2.24, 2.45) is 11.8 Å². The highest BCUT2D eigenvalue weighted by atomic mass is 32.2. The standard InChI is InChI=1S/C21H34O3S/c1-4-7-9-25-19(8-5-2)24-21-13-16-10-17(14-21)12-20(11-16,15-21)23-18(22)6-3/h6,16-17,19H,3-5,7-15H2,1-2H3. The summed E-state index contributed by atoms with van der Waals surface area (Å²) in [6, 6.07) is 0. The van der Waals surface area contributed by atoms with Gasteiger partial charge in [-0.2, -0.15) is 0 Å². The predicted molar refractivity (Wildman–Crippen MR) is 104 cm³/mol. The van der Waals surface area contributed by atoms with Crippen molar-refractivity contribution >= 4 is 17.7 Å². The Bertz CT molecular complexity index is 476. The van der Waals surface area contributed by atoms with Crippen LogP contribution in [0.1, 0.15) is 78.1 Å². The lowest BCUT2D eigenvalue weighted by molar-refractivity contribution is -0.235. The highest BCUT2D eigenvalue weighted by Crippen LogP contribution is 2.60. The maximum Gasteiger partial charge on any atom is 0.330 e.